The maximum atomic E-state index is 5.38. The molecular weight excluding hydrogens is 208 g/mol. The van der Waals surface area contributed by atoms with Crippen LogP contribution in [0.5, 0.6) is 0 Å². The normalized spacial score (nSPS) is 19.5. The summed E-state index contributed by atoms with van der Waals surface area (Å²) in [6.45, 7) is 5.00. The molecule has 0 bridgehead atoms. The maximum Gasteiger partial charge on any atom is 0.169 e. The number of ether oxygens (including phenoxy) is 1. The summed E-state index contributed by atoms with van der Waals surface area (Å²) in [6.07, 6.45) is 5.21. The molecule has 1 saturated heterocycles. The Hall–Kier alpha value is -0.350. The topological polar surface area (TPSA) is 24.5 Å². The van der Waals surface area contributed by atoms with Gasteiger partial charge in [-0.3, -0.25) is 0 Å². The minimum atomic E-state index is 0.297. The highest BCUT2D eigenvalue weighted by Gasteiger charge is 2.13. The molecule has 0 aromatic rings. The van der Waals surface area contributed by atoms with E-state index in [4.69, 9.17) is 17.0 Å². The zero-order valence-electron chi connectivity index (χ0n) is 9.79. The Morgan fingerprint density at radius 2 is 1.93 bits per heavy atom. The molecule has 4 heteroatoms. The van der Waals surface area contributed by atoms with Crippen LogP contribution in [-0.2, 0) is 4.74 Å². The van der Waals surface area contributed by atoms with Crippen molar-refractivity contribution in [2.75, 3.05) is 26.8 Å². The van der Waals surface area contributed by atoms with E-state index in [9.17, 15) is 0 Å². The first-order valence-electron chi connectivity index (χ1n) is 5.78. The number of nitrogens with one attached hydrogen (secondary N) is 1. The second-order valence-electron chi connectivity index (χ2n) is 4.21. The van der Waals surface area contributed by atoms with Crippen LogP contribution in [0.2, 0.25) is 0 Å². The summed E-state index contributed by atoms with van der Waals surface area (Å²) >= 11 is 5.38. The number of hydrogen-bond donors (Lipinski definition) is 1. The van der Waals surface area contributed by atoms with E-state index in [1.807, 2.05) is 0 Å². The molecule has 0 amide bonds. The molecular formula is C11H22N2OS. The molecule has 0 aliphatic carbocycles. The molecule has 0 radical (unpaired) electrons. The van der Waals surface area contributed by atoms with Crippen LogP contribution >= 0.6 is 12.2 Å². The highest BCUT2D eigenvalue weighted by molar-refractivity contribution is 7.80. The molecule has 15 heavy (non-hydrogen) atoms. The Morgan fingerprint density at radius 3 is 2.47 bits per heavy atom. The van der Waals surface area contributed by atoms with Crippen LogP contribution in [0, 0.1) is 0 Å². The number of likely N-dealkylation sites (tertiary alicyclic amines) is 1. The van der Waals surface area contributed by atoms with Gasteiger partial charge in [-0.15, -0.1) is 0 Å². The Morgan fingerprint density at radius 1 is 1.33 bits per heavy atom. The van der Waals surface area contributed by atoms with Gasteiger partial charge >= 0.3 is 0 Å². The fraction of sp³-hybridized carbons (Fsp3) is 0.909. The SMILES string of the molecule is COCC(C)NC(=S)N1CCCCCC1. The van der Waals surface area contributed by atoms with E-state index in [1.54, 1.807) is 7.11 Å². The van der Waals surface area contributed by atoms with Crippen LogP contribution in [0.15, 0.2) is 0 Å². The number of thiocarbonyl (C=S) groups is 1. The average Bonchev–Trinajstić information content (AvgIpc) is 2.45. The second-order valence-corrected chi connectivity index (χ2v) is 4.59. The zero-order chi connectivity index (χ0) is 11.1. The van der Waals surface area contributed by atoms with Crippen molar-refractivity contribution in [3.05, 3.63) is 0 Å². The zero-order valence-corrected chi connectivity index (χ0v) is 10.6. The lowest BCUT2D eigenvalue weighted by atomic mass is 10.2. The van der Waals surface area contributed by atoms with Gasteiger partial charge in [-0.25, -0.2) is 0 Å². The predicted octanol–water partition coefficient (Wildman–Crippen LogP) is 1.77. The number of methoxy groups -OCH3 is 1. The molecule has 0 spiro atoms. The van der Waals surface area contributed by atoms with Crippen molar-refractivity contribution < 1.29 is 4.74 Å². The summed E-state index contributed by atoms with van der Waals surface area (Å²) in [4.78, 5) is 2.29. The van der Waals surface area contributed by atoms with Crippen molar-refractivity contribution in [1.82, 2.24) is 10.2 Å². The van der Waals surface area contributed by atoms with Crippen molar-refractivity contribution in [1.29, 1.82) is 0 Å². The average molecular weight is 230 g/mol. The molecule has 0 aromatic carbocycles. The standard InChI is InChI=1S/C11H22N2OS/c1-10(9-14-2)12-11(15)13-7-5-3-4-6-8-13/h10H,3-9H2,1-2H3,(H,12,15). The predicted molar refractivity (Wildman–Crippen MR) is 67.1 cm³/mol. The Bertz CT molecular complexity index is 191. The van der Waals surface area contributed by atoms with Crippen molar-refractivity contribution in [3.63, 3.8) is 0 Å². The number of nitrogens with zero attached hydrogens (tertiary/aromatic N) is 1. The van der Waals surface area contributed by atoms with Crippen molar-refractivity contribution >= 4 is 17.3 Å². The van der Waals surface area contributed by atoms with Gasteiger partial charge in [0.25, 0.3) is 0 Å². The van der Waals surface area contributed by atoms with Crippen LogP contribution in [0.1, 0.15) is 32.6 Å². The molecule has 1 N–H and O–H groups in total. The first-order chi connectivity index (χ1) is 7.24. The molecule has 0 saturated carbocycles. The van der Waals surface area contributed by atoms with Gasteiger partial charge in [0.05, 0.1) is 6.61 Å². The third kappa shape index (κ3) is 4.80. The molecule has 1 rings (SSSR count). The molecule has 1 aliphatic heterocycles. The Kier molecular flexibility index (Phi) is 5.95. The molecule has 88 valence electrons. The van der Waals surface area contributed by atoms with Crippen molar-refractivity contribution in [2.24, 2.45) is 0 Å². The van der Waals surface area contributed by atoms with E-state index >= 15 is 0 Å². The minimum Gasteiger partial charge on any atom is -0.383 e. The van der Waals surface area contributed by atoms with Crippen LogP contribution in [0.4, 0.5) is 0 Å². The van der Waals surface area contributed by atoms with Gasteiger partial charge in [-0.05, 0) is 32.0 Å². The first kappa shape index (κ1) is 12.7. The van der Waals surface area contributed by atoms with E-state index < -0.39 is 0 Å². The minimum absolute atomic E-state index is 0.297. The molecule has 0 aromatic heterocycles. The third-order valence-electron chi connectivity index (χ3n) is 2.68. The van der Waals surface area contributed by atoms with E-state index in [0.29, 0.717) is 12.6 Å². The fourth-order valence-electron chi connectivity index (χ4n) is 1.87. The summed E-state index contributed by atoms with van der Waals surface area (Å²) in [5, 5.41) is 4.20. The van der Waals surface area contributed by atoms with E-state index in [-0.39, 0.29) is 0 Å². The largest absolute Gasteiger partial charge is 0.383 e. The van der Waals surface area contributed by atoms with Crippen LogP contribution in [0.25, 0.3) is 0 Å². The molecule has 1 fully saturated rings. The maximum absolute atomic E-state index is 5.38. The third-order valence-corrected chi connectivity index (χ3v) is 3.06. The van der Waals surface area contributed by atoms with E-state index in [0.717, 1.165) is 18.2 Å². The van der Waals surface area contributed by atoms with Crippen LogP contribution in [-0.4, -0.2) is 42.9 Å². The second kappa shape index (κ2) is 7.01. The van der Waals surface area contributed by atoms with Gasteiger partial charge in [0.1, 0.15) is 0 Å². The van der Waals surface area contributed by atoms with Crippen molar-refractivity contribution in [2.45, 2.75) is 38.6 Å². The van der Waals surface area contributed by atoms with Gasteiger partial charge in [0, 0.05) is 26.2 Å². The lowest BCUT2D eigenvalue weighted by Gasteiger charge is -2.26. The molecule has 1 aliphatic rings. The smallest absolute Gasteiger partial charge is 0.169 e. The molecule has 3 nitrogen and oxygen atoms in total. The summed E-state index contributed by atoms with van der Waals surface area (Å²) in [7, 11) is 1.72. The number of rotatable bonds is 3. The van der Waals surface area contributed by atoms with Gasteiger partial charge < -0.3 is 15.0 Å². The molecule has 1 unspecified atom stereocenters. The Balaban J connectivity index is 2.30. The first-order valence-corrected chi connectivity index (χ1v) is 6.19. The monoisotopic (exact) mass is 230 g/mol. The lowest BCUT2D eigenvalue weighted by Crippen LogP contribution is -2.45. The summed E-state index contributed by atoms with van der Waals surface area (Å²) in [5.74, 6) is 0. The highest BCUT2D eigenvalue weighted by atomic mass is 32.1. The van der Waals surface area contributed by atoms with Gasteiger partial charge in [0.15, 0.2) is 5.11 Å². The van der Waals surface area contributed by atoms with Crippen LogP contribution < -0.4 is 5.32 Å². The van der Waals surface area contributed by atoms with Gasteiger partial charge in [-0.2, -0.15) is 0 Å². The van der Waals surface area contributed by atoms with Crippen molar-refractivity contribution in [3.8, 4) is 0 Å². The molecule has 1 atom stereocenters. The van der Waals surface area contributed by atoms with Crippen LogP contribution in [0.3, 0.4) is 0 Å². The highest BCUT2D eigenvalue weighted by Crippen LogP contribution is 2.09. The van der Waals surface area contributed by atoms with E-state index in [1.165, 1.54) is 25.7 Å². The summed E-state index contributed by atoms with van der Waals surface area (Å²) in [6, 6.07) is 0.297. The molecule has 1 heterocycles. The van der Waals surface area contributed by atoms with Gasteiger partial charge in [0.2, 0.25) is 0 Å². The number of hydrogen-bond acceptors (Lipinski definition) is 2. The van der Waals surface area contributed by atoms with E-state index in [2.05, 4.69) is 17.1 Å². The van der Waals surface area contributed by atoms with Gasteiger partial charge in [-0.1, -0.05) is 12.8 Å². The lowest BCUT2D eigenvalue weighted by molar-refractivity contribution is 0.178. The quantitative estimate of drug-likeness (QED) is 0.747. The Labute approximate surface area is 98.2 Å². The summed E-state index contributed by atoms with van der Waals surface area (Å²) < 4.78 is 5.08. The summed E-state index contributed by atoms with van der Waals surface area (Å²) in [5.41, 5.74) is 0. The fourth-order valence-corrected chi connectivity index (χ4v) is 2.25.